The van der Waals surface area contributed by atoms with E-state index in [1.165, 1.54) is 10.5 Å². The summed E-state index contributed by atoms with van der Waals surface area (Å²) < 4.78 is 26.8. The van der Waals surface area contributed by atoms with Crippen LogP contribution in [-0.2, 0) is 16.4 Å². The first-order valence-electron chi connectivity index (χ1n) is 8.09. The lowest BCUT2D eigenvalue weighted by Gasteiger charge is -2.31. The lowest BCUT2D eigenvalue weighted by atomic mass is 10.1. The topological polar surface area (TPSA) is 41.8 Å². The van der Waals surface area contributed by atoms with Crippen LogP contribution in [0.4, 0.5) is 0 Å². The second-order valence-corrected chi connectivity index (χ2v) is 7.89. The van der Waals surface area contributed by atoms with Crippen molar-refractivity contribution in [1.82, 2.24) is 4.31 Å². The van der Waals surface area contributed by atoms with Gasteiger partial charge in [-0.1, -0.05) is 48.5 Å². The molecule has 0 unspecified atom stereocenters. The Kier molecular flexibility index (Phi) is 5.10. The SMILES string of the molecule is O=S(=O)(c1ccccc1)N1CC[NH+](CCc2ccccc2)CC1. The zero-order chi connectivity index (χ0) is 16.1. The van der Waals surface area contributed by atoms with Gasteiger partial charge in [-0.25, -0.2) is 8.42 Å². The third-order valence-electron chi connectivity index (χ3n) is 4.42. The molecule has 4 nitrogen and oxygen atoms in total. The Labute approximate surface area is 138 Å². The van der Waals surface area contributed by atoms with E-state index in [0.717, 1.165) is 26.1 Å². The zero-order valence-electron chi connectivity index (χ0n) is 13.2. The number of rotatable bonds is 5. The highest BCUT2D eigenvalue weighted by Crippen LogP contribution is 2.14. The van der Waals surface area contributed by atoms with Crippen molar-refractivity contribution in [2.24, 2.45) is 0 Å². The molecule has 2 aromatic carbocycles. The van der Waals surface area contributed by atoms with Crippen molar-refractivity contribution in [3.05, 3.63) is 66.2 Å². The van der Waals surface area contributed by atoms with Crippen molar-refractivity contribution in [2.75, 3.05) is 32.7 Å². The van der Waals surface area contributed by atoms with Gasteiger partial charge in [0.25, 0.3) is 0 Å². The van der Waals surface area contributed by atoms with Crippen LogP contribution in [0.2, 0.25) is 0 Å². The van der Waals surface area contributed by atoms with Gasteiger partial charge in [-0.05, 0) is 17.7 Å². The standard InChI is InChI=1S/C18H22N2O2S/c21-23(22,18-9-5-2-6-10-18)20-15-13-19(14-16-20)12-11-17-7-3-1-4-8-17/h1-10H,11-16H2/p+1. The maximum Gasteiger partial charge on any atom is 0.243 e. The van der Waals surface area contributed by atoms with Crippen LogP contribution in [0.1, 0.15) is 5.56 Å². The second-order valence-electron chi connectivity index (χ2n) is 5.95. The van der Waals surface area contributed by atoms with E-state index >= 15 is 0 Å². The van der Waals surface area contributed by atoms with E-state index < -0.39 is 10.0 Å². The van der Waals surface area contributed by atoms with Crippen LogP contribution in [0.5, 0.6) is 0 Å². The molecule has 0 saturated carbocycles. The van der Waals surface area contributed by atoms with Gasteiger partial charge >= 0.3 is 0 Å². The van der Waals surface area contributed by atoms with E-state index in [4.69, 9.17) is 0 Å². The molecule has 5 heteroatoms. The molecule has 0 aromatic heterocycles. The molecule has 0 atom stereocenters. The van der Waals surface area contributed by atoms with Crippen LogP contribution in [0.3, 0.4) is 0 Å². The van der Waals surface area contributed by atoms with E-state index in [2.05, 4.69) is 24.3 Å². The molecule has 2 aromatic rings. The van der Waals surface area contributed by atoms with E-state index in [1.54, 1.807) is 28.6 Å². The van der Waals surface area contributed by atoms with Gasteiger partial charge in [0.1, 0.15) is 0 Å². The van der Waals surface area contributed by atoms with Crippen molar-refractivity contribution in [3.8, 4) is 0 Å². The highest BCUT2D eigenvalue weighted by Gasteiger charge is 2.29. The van der Waals surface area contributed by atoms with Crippen molar-refractivity contribution >= 4 is 10.0 Å². The van der Waals surface area contributed by atoms with E-state index in [-0.39, 0.29) is 0 Å². The molecule has 122 valence electrons. The molecule has 0 radical (unpaired) electrons. The van der Waals surface area contributed by atoms with E-state index in [9.17, 15) is 8.42 Å². The number of piperazine rings is 1. The Bertz CT molecular complexity index is 709. The van der Waals surface area contributed by atoms with Crippen LogP contribution in [-0.4, -0.2) is 45.4 Å². The summed E-state index contributed by atoms with van der Waals surface area (Å²) in [6.45, 7) is 4.00. The maximum absolute atomic E-state index is 12.6. The van der Waals surface area contributed by atoms with Crippen molar-refractivity contribution in [2.45, 2.75) is 11.3 Å². The molecule has 0 amide bonds. The average molecular weight is 331 g/mol. The molecule has 1 aliphatic heterocycles. The lowest BCUT2D eigenvalue weighted by Crippen LogP contribution is -3.15. The summed E-state index contributed by atoms with van der Waals surface area (Å²) in [5, 5.41) is 0. The Balaban J connectivity index is 1.54. The second kappa shape index (κ2) is 7.25. The number of nitrogens with one attached hydrogen (secondary N) is 1. The molecular weight excluding hydrogens is 308 g/mol. The minimum atomic E-state index is -3.33. The third kappa shape index (κ3) is 3.99. The molecule has 3 rings (SSSR count). The largest absolute Gasteiger partial charge is 0.332 e. The summed E-state index contributed by atoms with van der Waals surface area (Å²) in [6.07, 6.45) is 1.04. The number of hydrogen-bond acceptors (Lipinski definition) is 2. The zero-order valence-corrected chi connectivity index (χ0v) is 14.0. The summed E-state index contributed by atoms with van der Waals surface area (Å²) in [6, 6.07) is 19.2. The smallest absolute Gasteiger partial charge is 0.243 e. The number of quaternary nitrogens is 1. The molecule has 0 aliphatic carbocycles. The molecule has 1 saturated heterocycles. The van der Waals surface area contributed by atoms with Crippen molar-refractivity contribution in [1.29, 1.82) is 0 Å². The average Bonchev–Trinajstić information content (AvgIpc) is 2.62. The van der Waals surface area contributed by atoms with Crippen molar-refractivity contribution < 1.29 is 13.3 Å². The Morgan fingerprint density at radius 1 is 0.870 bits per heavy atom. The first-order chi connectivity index (χ1) is 11.2. The van der Waals surface area contributed by atoms with Crippen LogP contribution < -0.4 is 4.90 Å². The van der Waals surface area contributed by atoms with Gasteiger partial charge in [0.2, 0.25) is 10.0 Å². The van der Waals surface area contributed by atoms with Gasteiger partial charge < -0.3 is 4.90 Å². The summed E-state index contributed by atoms with van der Waals surface area (Å²) >= 11 is 0. The Morgan fingerprint density at radius 3 is 2.04 bits per heavy atom. The van der Waals surface area contributed by atoms with E-state index in [0.29, 0.717) is 18.0 Å². The van der Waals surface area contributed by atoms with Gasteiger partial charge in [0, 0.05) is 6.42 Å². The number of nitrogens with zero attached hydrogens (tertiary/aromatic N) is 1. The van der Waals surface area contributed by atoms with Crippen LogP contribution in [0.15, 0.2) is 65.6 Å². The minimum absolute atomic E-state index is 0.396. The predicted molar refractivity (Wildman–Crippen MR) is 90.9 cm³/mol. The fraction of sp³-hybridized carbons (Fsp3) is 0.333. The first-order valence-corrected chi connectivity index (χ1v) is 9.53. The minimum Gasteiger partial charge on any atom is -0.332 e. The molecular formula is C18H23N2O2S+. The number of hydrogen-bond donors (Lipinski definition) is 1. The highest BCUT2D eigenvalue weighted by atomic mass is 32.2. The van der Waals surface area contributed by atoms with Gasteiger partial charge in [0.15, 0.2) is 0 Å². The fourth-order valence-corrected chi connectivity index (χ4v) is 4.46. The summed E-state index contributed by atoms with van der Waals surface area (Å²) in [4.78, 5) is 1.88. The molecule has 1 fully saturated rings. The van der Waals surface area contributed by atoms with E-state index in [1.807, 2.05) is 12.1 Å². The molecule has 1 N–H and O–H groups in total. The van der Waals surface area contributed by atoms with Crippen molar-refractivity contribution in [3.63, 3.8) is 0 Å². The summed E-state index contributed by atoms with van der Waals surface area (Å²) in [5.41, 5.74) is 1.35. The van der Waals surface area contributed by atoms with Gasteiger partial charge in [-0.2, -0.15) is 4.31 Å². The Morgan fingerprint density at radius 2 is 1.43 bits per heavy atom. The van der Waals surface area contributed by atoms with Crippen LogP contribution in [0, 0.1) is 0 Å². The normalized spacial score (nSPS) is 17.2. The molecule has 0 bridgehead atoms. The number of sulfonamides is 1. The maximum atomic E-state index is 12.6. The summed E-state index contributed by atoms with van der Waals surface area (Å²) in [5.74, 6) is 0. The molecule has 23 heavy (non-hydrogen) atoms. The Hall–Kier alpha value is -1.69. The number of benzene rings is 2. The summed E-state index contributed by atoms with van der Waals surface area (Å²) in [7, 11) is -3.33. The third-order valence-corrected chi connectivity index (χ3v) is 6.33. The van der Waals surface area contributed by atoms with Crippen LogP contribution in [0.25, 0.3) is 0 Å². The lowest BCUT2D eigenvalue weighted by molar-refractivity contribution is -0.903. The predicted octanol–water partition coefficient (Wildman–Crippen LogP) is 0.819. The van der Waals surface area contributed by atoms with Gasteiger partial charge in [-0.3, -0.25) is 0 Å². The fourth-order valence-electron chi connectivity index (χ4n) is 3.00. The van der Waals surface area contributed by atoms with Gasteiger partial charge in [-0.15, -0.1) is 0 Å². The van der Waals surface area contributed by atoms with Crippen LogP contribution >= 0.6 is 0 Å². The monoisotopic (exact) mass is 331 g/mol. The molecule has 1 aliphatic rings. The molecule has 1 heterocycles. The highest BCUT2D eigenvalue weighted by molar-refractivity contribution is 7.89. The van der Waals surface area contributed by atoms with Gasteiger partial charge in [0.05, 0.1) is 37.6 Å². The molecule has 0 spiro atoms. The quantitative estimate of drug-likeness (QED) is 0.881. The first kappa shape index (κ1) is 16.2.